The Morgan fingerprint density at radius 2 is 0.800 bits per heavy atom. The second kappa shape index (κ2) is 16.0. The maximum absolute atomic E-state index is 14.2. The summed E-state index contributed by atoms with van der Waals surface area (Å²) in [6.45, 7) is 0. The molecule has 2 heterocycles. The third-order valence-electron chi connectivity index (χ3n) is 10.2. The minimum atomic E-state index is -5.31. The van der Waals surface area contributed by atoms with Crippen LogP contribution in [-0.4, -0.2) is 25.0 Å². The minimum Gasteiger partial charge on any atom is -0.465 e. The smallest absolute Gasteiger partial charge is 0.455 e. The molecular formula is C50H33F3N2O3S2. The molecule has 0 spiro atoms. The Morgan fingerprint density at radius 1 is 0.483 bits per heavy atom. The number of halogens is 3. The number of nitrogens with zero attached hydrogens (tertiary/aromatic N) is 2. The van der Waals surface area contributed by atoms with Crippen molar-refractivity contribution in [1.29, 1.82) is 0 Å². The predicted octanol–water partition coefficient (Wildman–Crippen LogP) is 14.2. The molecule has 0 saturated carbocycles. The van der Waals surface area contributed by atoms with Crippen molar-refractivity contribution in [1.82, 2.24) is 0 Å². The fraction of sp³-hybridized carbons (Fsp3) is 0.0400. The van der Waals surface area contributed by atoms with E-state index >= 15 is 0 Å². The molecule has 60 heavy (non-hydrogen) atoms. The van der Waals surface area contributed by atoms with Crippen molar-refractivity contribution in [3.63, 3.8) is 0 Å². The zero-order valence-electron chi connectivity index (χ0n) is 31.9. The number of anilines is 6. The molecule has 0 aliphatic heterocycles. The van der Waals surface area contributed by atoms with Gasteiger partial charge in [-0.1, -0.05) is 97.1 Å². The van der Waals surface area contributed by atoms with Gasteiger partial charge in [0.2, 0.25) is 0 Å². The van der Waals surface area contributed by atoms with E-state index < -0.39 is 23.5 Å². The molecule has 9 rings (SSSR count). The van der Waals surface area contributed by atoms with E-state index in [0.29, 0.717) is 20.9 Å². The topological polar surface area (TPSA) is 49.9 Å². The number of Topliss-reactive ketones (excluding diaryl/α,β-unsaturated/α-hetero) is 1. The van der Waals surface area contributed by atoms with Crippen LogP contribution < -0.4 is 9.80 Å². The number of rotatable bonds is 10. The third kappa shape index (κ3) is 7.20. The molecule has 0 bridgehead atoms. The van der Waals surface area contributed by atoms with E-state index in [1.165, 1.54) is 22.7 Å². The Kier molecular flexibility index (Phi) is 10.3. The van der Waals surface area contributed by atoms with Crippen molar-refractivity contribution in [3.8, 4) is 30.6 Å². The van der Waals surface area contributed by atoms with Crippen molar-refractivity contribution in [2.45, 2.75) is 6.18 Å². The molecule has 10 heteroatoms. The van der Waals surface area contributed by atoms with Gasteiger partial charge in [0.05, 0.1) is 16.9 Å². The summed E-state index contributed by atoms with van der Waals surface area (Å²) in [7, 11) is 0.979. The number of thiophene rings is 2. The van der Waals surface area contributed by atoms with Gasteiger partial charge in [-0.25, -0.2) is 4.79 Å². The van der Waals surface area contributed by atoms with E-state index in [9.17, 15) is 22.8 Å². The number of fused-ring (bicyclic) bond motifs is 3. The standard InChI is InChI=1S/C50H33F3N2O3S2/c1-58-49(57)45(48(56)50(51,52)53)44-40-30-42(32-22-26-38(27-23-32)54(34-14-6-2-7-15-34)35-16-8-3-9-17-35)59-46(40)47-41(44)31-43(60-47)33-24-28-39(29-25-33)55(36-18-10-4-11-19-36)37-20-12-5-13-21-37/h2-31H,1H3. The van der Waals surface area contributed by atoms with Crippen molar-refractivity contribution < 1.29 is 27.5 Å². The van der Waals surface area contributed by atoms with E-state index in [4.69, 9.17) is 4.74 Å². The SMILES string of the molecule is COC(=O)C(C(=O)C(F)(F)F)=C1c2cc(-c3ccc(N(c4ccccc4)c4ccccc4)cc3)sc2-c2sc(-c3ccc(N(c4ccccc4)c4ccccc4)cc3)cc21. The first kappa shape index (κ1) is 38.5. The summed E-state index contributed by atoms with van der Waals surface area (Å²) in [5, 5.41) is 0. The second-order valence-corrected chi connectivity index (χ2v) is 16.0. The summed E-state index contributed by atoms with van der Waals surface area (Å²) in [5.41, 5.74) is 7.06. The Hall–Kier alpha value is -7.01. The largest absolute Gasteiger partial charge is 0.465 e. The number of methoxy groups -OCH3 is 1. The van der Waals surface area contributed by atoms with Crippen LogP contribution in [0, 0.1) is 0 Å². The van der Waals surface area contributed by atoms with E-state index in [1.807, 2.05) is 170 Å². The Labute approximate surface area is 352 Å². The predicted molar refractivity (Wildman–Crippen MR) is 237 cm³/mol. The lowest BCUT2D eigenvalue weighted by molar-refractivity contribution is -0.168. The lowest BCUT2D eigenvalue weighted by Crippen LogP contribution is -2.29. The van der Waals surface area contributed by atoms with Crippen LogP contribution in [0.25, 0.3) is 36.2 Å². The highest BCUT2D eigenvalue weighted by Crippen LogP contribution is 2.57. The number of carbonyl (C=O) groups excluding carboxylic acids is 2. The first-order valence-corrected chi connectivity index (χ1v) is 20.6. The van der Waals surface area contributed by atoms with Gasteiger partial charge >= 0.3 is 12.1 Å². The van der Waals surface area contributed by atoms with Gasteiger partial charge in [-0.05, 0) is 96.1 Å². The van der Waals surface area contributed by atoms with Crippen molar-refractivity contribution in [2.24, 2.45) is 0 Å². The number of alkyl halides is 3. The van der Waals surface area contributed by atoms with Gasteiger partial charge in [0.25, 0.3) is 5.78 Å². The van der Waals surface area contributed by atoms with E-state index in [-0.39, 0.29) is 5.57 Å². The molecule has 0 amide bonds. The molecule has 2 aromatic heterocycles. The highest BCUT2D eigenvalue weighted by Gasteiger charge is 2.47. The monoisotopic (exact) mass is 830 g/mol. The van der Waals surface area contributed by atoms with Crippen LogP contribution in [0.5, 0.6) is 0 Å². The molecule has 0 N–H and O–H groups in total. The molecule has 6 aromatic carbocycles. The minimum absolute atomic E-state index is 0.0777. The number of ether oxygens (including phenoxy) is 1. The summed E-state index contributed by atoms with van der Waals surface area (Å²) >= 11 is 2.81. The van der Waals surface area contributed by atoms with Gasteiger partial charge in [-0.3, -0.25) is 4.79 Å². The lowest BCUT2D eigenvalue weighted by atomic mass is 9.95. The second-order valence-electron chi connectivity index (χ2n) is 13.9. The van der Waals surface area contributed by atoms with Crippen molar-refractivity contribution >= 4 is 74.1 Å². The van der Waals surface area contributed by atoms with E-state index in [1.54, 1.807) is 12.1 Å². The van der Waals surface area contributed by atoms with Gasteiger partial charge in [0.1, 0.15) is 5.57 Å². The molecule has 1 aliphatic rings. The number of ketones is 1. The van der Waals surface area contributed by atoms with Crippen LogP contribution in [-0.2, 0) is 14.3 Å². The van der Waals surface area contributed by atoms with Gasteiger partial charge in [0.15, 0.2) is 0 Å². The average molecular weight is 831 g/mol. The van der Waals surface area contributed by atoms with Crippen LogP contribution >= 0.6 is 22.7 Å². The fourth-order valence-electron chi connectivity index (χ4n) is 7.49. The maximum Gasteiger partial charge on any atom is 0.455 e. The summed E-state index contributed by atoms with van der Waals surface area (Å²) in [6, 6.07) is 59.4. The maximum atomic E-state index is 14.2. The number of hydrogen-bond donors (Lipinski definition) is 0. The zero-order valence-corrected chi connectivity index (χ0v) is 33.5. The highest BCUT2D eigenvalue weighted by molar-refractivity contribution is 7.26. The highest BCUT2D eigenvalue weighted by atomic mass is 32.1. The number of carbonyl (C=O) groups is 2. The number of esters is 1. The van der Waals surface area contributed by atoms with E-state index in [2.05, 4.69) is 9.80 Å². The molecule has 0 fully saturated rings. The zero-order chi connectivity index (χ0) is 41.4. The number of hydrogen-bond acceptors (Lipinski definition) is 7. The summed E-state index contributed by atoms with van der Waals surface area (Å²) in [5.74, 6) is -3.59. The normalized spacial score (nSPS) is 11.8. The Morgan fingerprint density at radius 3 is 1.10 bits per heavy atom. The van der Waals surface area contributed by atoms with Gasteiger partial charge in [0, 0.05) is 60.6 Å². The van der Waals surface area contributed by atoms with Crippen molar-refractivity contribution in [2.75, 3.05) is 16.9 Å². The molecule has 0 unspecified atom stereocenters. The third-order valence-corrected chi connectivity index (χ3v) is 12.7. The lowest BCUT2D eigenvalue weighted by Gasteiger charge is -2.25. The van der Waals surface area contributed by atoms with Crippen LogP contribution in [0.1, 0.15) is 11.1 Å². The first-order chi connectivity index (χ1) is 29.2. The quantitative estimate of drug-likeness (QED) is 0.0595. The Bertz CT molecular complexity index is 2600. The molecule has 0 atom stereocenters. The Balaban J connectivity index is 1.13. The van der Waals surface area contributed by atoms with Crippen LogP contribution in [0.3, 0.4) is 0 Å². The van der Waals surface area contributed by atoms with Crippen LogP contribution in [0.2, 0.25) is 0 Å². The molecule has 5 nitrogen and oxygen atoms in total. The molecule has 0 saturated heterocycles. The molecule has 0 radical (unpaired) electrons. The number of para-hydroxylation sites is 4. The summed E-state index contributed by atoms with van der Waals surface area (Å²) in [6.07, 6.45) is -5.31. The molecular weight excluding hydrogens is 798 g/mol. The first-order valence-electron chi connectivity index (χ1n) is 18.9. The van der Waals surface area contributed by atoms with Gasteiger partial charge in [-0.2, -0.15) is 13.2 Å². The van der Waals surface area contributed by atoms with Gasteiger partial charge in [-0.15, -0.1) is 22.7 Å². The molecule has 294 valence electrons. The van der Waals surface area contributed by atoms with Crippen molar-refractivity contribution in [3.05, 3.63) is 199 Å². The van der Waals surface area contributed by atoms with Gasteiger partial charge < -0.3 is 14.5 Å². The molecule has 1 aliphatic carbocycles. The summed E-state index contributed by atoms with van der Waals surface area (Å²) in [4.78, 5) is 33.5. The molecule has 8 aromatic rings. The number of benzene rings is 6. The fourth-order valence-corrected chi connectivity index (χ4v) is 9.99. The average Bonchev–Trinajstić information content (AvgIpc) is 3.98. The van der Waals surface area contributed by atoms with E-state index in [0.717, 1.165) is 62.1 Å². The van der Waals surface area contributed by atoms with Crippen LogP contribution in [0.15, 0.2) is 188 Å². The van der Waals surface area contributed by atoms with Crippen LogP contribution in [0.4, 0.5) is 47.3 Å². The summed E-state index contributed by atoms with van der Waals surface area (Å²) < 4.78 is 47.6.